The smallest absolute Gasteiger partial charge is 0.00851 e. The summed E-state index contributed by atoms with van der Waals surface area (Å²) in [6, 6.07) is 13.4. The van der Waals surface area contributed by atoms with E-state index in [1.165, 1.54) is 34.7 Å². The van der Waals surface area contributed by atoms with Crippen LogP contribution >= 0.6 is 0 Å². The van der Waals surface area contributed by atoms with E-state index < -0.39 is 0 Å². The number of hydrogen-bond donors (Lipinski definition) is 0. The van der Waals surface area contributed by atoms with Crippen molar-refractivity contribution in [3.63, 3.8) is 0 Å². The Morgan fingerprint density at radius 2 is 1.81 bits per heavy atom. The van der Waals surface area contributed by atoms with Crippen LogP contribution in [0.25, 0.3) is 16.3 Å². The van der Waals surface area contributed by atoms with Gasteiger partial charge in [0.25, 0.3) is 0 Å². The van der Waals surface area contributed by atoms with E-state index in [9.17, 15) is 0 Å². The average Bonchev–Trinajstić information content (AvgIpc) is 2.70. The second kappa shape index (κ2) is 3.79. The Morgan fingerprint density at radius 3 is 2.56 bits per heavy atom. The van der Waals surface area contributed by atoms with Gasteiger partial charge in [-0.1, -0.05) is 49.8 Å². The van der Waals surface area contributed by atoms with Gasteiger partial charge in [0.1, 0.15) is 0 Å². The van der Waals surface area contributed by atoms with E-state index in [1.54, 1.807) is 5.57 Å². The van der Waals surface area contributed by atoms with Gasteiger partial charge in [-0.15, -0.1) is 0 Å². The highest BCUT2D eigenvalue weighted by atomic mass is 14.2. The van der Waals surface area contributed by atoms with Gasteiger partial charge in [0.05, 0.1) is 0 Å². The molecular weight excluding hydrogens is 192 g/mol. The first kappa shape index (κ1) is 9.65. The monoisotopic (exact) mass is 208 g/mol. The molecule has 0 atom stereocenters. The highest BCUT2D eigenvalue weighted by Crippen LogP contribution is 2.33. The summed E-state index contributed by atoms with van der Waals surface area (Å²) < 4.78 is 0. The van der Waals surface area contributed by atoms with Crippen molar-refractivity contribution in [2.24, 2.45) is 0 Å². The fourth-order valence-electron chi connectivity index (χ4n) is 2.60. The van der Waals surface area contributed by atoms with Crippen molar-refractivity contribution in [1.82, 2.24) is 0 Å². The summed E-state index contributed by atoms with van der Waals surface area (Å²) >= 11 is 0. The molecule has 0 N–H and O–H groups in total. The van der Waals surface area contributed by atoms with E-state index in [0.29, 0.717) is 0 Å². The molecule has 0 fully saturated rings. The van der Waals surface area contributed by atoms with Crippen LogP contribution in [0.1, 0.15) is 30.9 Å². The fraction of sp³-hybridized carbons (Fsp3) is 0.250. The summed E-state index contributed by atoms with van der Waals surface area (Å²) in [4.78, 5) is 0. The molecule has 2 aromatic rings. The predicted octanol–water partition coefficient (Wildman–Crippen LogP) is 4.58. The maximum absolute atomic E-state index is 2.40. The summed E-state index contributed by atoms with van der Waals surface area (Å²) in [5, 5.41) is 2.73. The van der Waals surface area contributed by atoms with Crippen molar-refractivity contribution in [3.05, 3.63) is 53.6 Å². The van der Waals surface area contributed by atoms with Crippen LogP contribution in [-0.4, -0.2) is 0 Å². The topological polar surface area (TPSA) is 0 Å². The van der Waals surface area contributed by atoms with Crippen LogP contribution in [-0.2, 0) is 6.42 Å². The summed E-state index contributed by atoms with van der Waals surface area (Å²) in [5.41, 5.74) is 4.53. The van der Waals surface area contributed by atoms with Gasteiger partial charge in [0.2, 0.25) is 0 Å². The van der Waals surface area contributed by atoms with Crippen LogP contribution in [0.3, 0.4) is 0 Å². The number of rotatable bonds is 2. The first-order valence-corrected chi connectivity index (χ1v) is 6.09. The zero-order valence-corrected chi connectivity index (χ0v) is 9.66. The molecule has 0 radical (unpaired) electrons. The maximum atomic E-state index is 2.40. The molecule has 0 amide bonds. The molecule has 0 bridgehead atoms. The zero-order chi connectivity index (χ0) is 11.0. The molecule has 0 aliphatic heterocycles. The Kier molecular flexibility index (Phi) is 2.28. The lowest BCUT2D eigenvalue weighted by Crippen LogP contribution is -1.86. The SMILES string of the molecule is CCCC1=CCc2cc3ccccc3cc21. The van der Waals surface area contributed by atoms with E-state index in [4.69, 9.17) is 0 Å². The number of benzene rings is 2. The quantitative estimate of drug-likeness (QED) is 0.677. The molecule has 80 valence electrons. The third-order valence-electron chi connectivity index (χ3n) is 3.41. The van der Waals surface area contributed by atoms with Crippen molar-refractivity contribution >= 4 is 16.3 Å². The molecule has 0 saturated heterocycles. The van der Waals surface area contributed by atoms with Crippen LogP contribution in [0.15, 0.2) is 42.5 Å². The number of hydrogen-bond acceptors (Lipinski definition) is 0. The van der Waals surface area contributed by atoms with E-state index in [2.05, 4.69) is 49.4 Å². The summed E-state index contributed by atoms with van der Waals surface area (Å²) in [6.45, 7) is 2.25. The lowest BCUT2D eigenvalue weighted by atomic mass is 9.98. The Hall–Kier alpha value is -1.56. The van der Waals surface area contributed by atoms with Gasteiger partial charge < -0.3 is 0 Å². The van der Waals surface area contributed by atoms with E-state index >= 15 is 0 Å². The number of fused-ring (bicyclic) bond motifs is 2. The van der Waals surface area contributed by atoms with Crippen molar-refractivity contribution in [2.45, 2.75) is 26.2 Å². The second-order valence-corrected chi connectivity index (χ2v) is 4.54. The van der Waals surface area contributed by atoms with Gasteiger partial charge in [-0.2, -0.15) is 0 Å². The molecule has 1 aliphatic carbocycles. The van der Waals surface area contributed by atoms with Crippen LogP contribution in [0.5, 0.6) is 0 Å². The molecule has 1 aliphatic rings. The summed E-state index contributed by atoms with van der Waals surface area (Å²) in [6.07, 6.45) is 5.96. The maximum Gasteiger partial charge on any atom is -0.00851 e. The van der Waals surface area contributed by atoms with E-state index in [0.717, 1.165) is 6.42 Å². The van der Waals surface area contributed by atoms with Gasteiger partial charge in [0.15, 0.2) is 0 Å². The predicted molar refractivity (Wildman–Crippen MR) is 70.5 cm³/mol. The minimum Gasteiger partial charge on any atom is -0.0763 e. The van der Waals surface area contributed by atoms with Crippen molar-refractivity contribution in [3.8, 4) is 0 Å². The normalized spacial score (nSPS) is 13.9. The van der Waals surface area contributed by atoms with Crippen LogP contribution in [0.4, 0.5) is 0 Å². The van der Waals surface area contributed by atoms with Crippen LogP contribution < -0.4 is 0 Å². The highest BCUT2D eigenvalue weighted by Gasteiger charge is 2.13. The van der Waals surface area contributed by atoms with Crippen molar-refractivity contribution < 1.29 is 0 Å². The molecule has 0 nitrogen and oxygen atoms in total. The Morgan fingerprint density at radius 1 is 1.06 bits per heavy atom. The first-order valence-electron chi connectivity index (χ1n) is 6.09. The molecular formula is C16H16. The summed E-state index contributed by atoms with van der Waals surface area (Å²) in [5.74, 6) is 0. The Balaban J connectivity index is 2.16. The molecule has 0 saturated carbocycles. The van der Waals surface area contributed by atoms with Gasteiger partial charge in [-0.3, -0.25) is 0 Å². The van der Waals surface area contributed by atoms with Crippen LogP contribution in [0, 0.1) is 0 Å². The van der Waals surface area contributed by atoms with Gasteiger partial charge in [0, 0.05) is 0 Å². The van der Waals surface area contributed by atoms with Gasteiger partial charge >= 0.3 is 0 Å². The van der Waals surface area contributed by atoms with Gasteiger partial charge in [-0.25, -0.2) is 0 Å². The van der Waals surface area contributed by atoms with Crippen molar-refractivity contribution in [2.75, 3.05) is 0 Å². The van der Waals surface area contributed by atoms with Crippen LogP contribution in [0.2, 0.25) is 0 Å². The average molecular weight is 208 g/mol. The lowest BCUT2D eigenvalue weighted by Gasteiger charge is -2.07. The van der Waals surface area contributed by atoms with E-state index in [-0.39, 0.29) is 0 Å². The summed E-state index contributed by atoms with van der Waals surface area (Å²) in [7, 11) is 0. The third kappa shape index (κ3) is 1.46. The fourth-order valence-corrected chi connectivity index (χ4v) is 2.60. The molecule has 0 aromatic heterocycles. The molecule has 0 heteroatoms. The van der Waals surface area contributed by atoms with Crippen molar-refractivity contribution in [1.29, 1.82) is 0 Å². The molecule has 3 rings (SSSR count). The third-order valence-corrected chi connectivity index (χ3v) is 3.41. The molecule has 0 unspecified atom stereocenters. The Bertz CT molecular complexity index is 561. The number of allylic oxidation sites excluding steroid dienone is 2. The Labute approximate surface area is 96.6 Å². The second-order valence-electron chi connectivity index (χ2n) is 4.54. The van der Waals surface area contributed by atoms with E-state index in [1.807, 2.05) is 0 Å². The highest BCUT2D eigenvalue weighted by molar-refractivity contribution is 5.89. The minimum atomic E-state index is 1.12. The largest absolute Gasteiger partial charge is 0.0763 e. The standard InChI is InChI=1S/C16H16/c1-2-5-12-8-9-15-10-13-6-3-4-7-14(13)11-16(12)15/h3-4,6-8,10-11H,2,5,9H2,1H3. The first-order chi connectivity index (χ1) is 7.88. The molecule has 0 heterocycles. The zero-order valence-electron chi connectivity index (χ0n) is 9.66. The lowest BCUT2D eigenvalue weighted by molar-refractivity contribution is 0.975. The molecule has 2 aromatic carbocycles. The van der Waals surface area contributed by atoms with Gasteiger partial charge in [-0.05, 0) is 46.4 Å². The molecule has 0 spiro atoms. The minimum absolute atomic E-state index is 1.12. The molecule has 16 heavy (non-hydrogen) atoms.